The summed E-state index contributed by atoms with van der Waals surface area (Å²) in [5.41, 5.74) is -0.0792. The molecule has 1 spiro atoms. The van der Waals surface area contributed by atoms with Crippen molar-refractivity contribution in [2.45, 2.75) is 18.4 Å². The van der Waals surface area contributed by atoms with Crippen LogP contribution < -0.4 is 0 Å². The first kappa shape index (κ1) is 12.6. The number of hydrogen-bond acceptors (Lipinski definition) is 3. The van der Waals surface area contributed by atoms with E-state index in [9.17, 15) is 4.79 Å². The molecular weight excluding hydrogens is 220 g/mol. The van der Waals surface area contributed by atoms with E-state index in [2.05, 4.69) is 0 Å². The number of likely N-dealkylation sites (tertiary alicyclic amines) is 1. The van der Waals surface area contributed by atoms with Crippen molar-refractivity contribution < 1.29 is 14.3 Å². The standard InChI is InChI=1S/C12H22N2O3/c1-13(2)11(15)14-8-12(9-14)10(4-6-16-3)5-7-17-12/h10H,4-9H2,1-3H3/t10-/m1/s1. The van der Waals surface area contributed by atoms with Gasteiger partial charge in [-0.2, -0.15) is 0 Å². The summed E-state index contributed by atoms with van der Waals surface area (Å²) in [5.74, 6) is 0.536. The van der Waals surface area contributed by atoms with Crippen LogP contribution in [-0.2, 0) is 9.47 Å². The summed E-state index contributed by atoms with van der Waals surface area (Å²) in [6.45, 7) is 3.06. The molecular formula is C12H22N2O3. The molecule has 2 rings (SSSR count). The fourth-order valence-corrected chi connectivity index (χ4v) is 2.82. The molecule has 2 saturated heterocycles. The Bertz CT molecular complexity index is 287. The lowest BCUT2D eigenvalue weighted by molar-refractivity contribution is -0.120. The molecule has 2 heterocycles. The van der Waals surface area contributed by atoms with Crippen molar-refractivity contribution in [1.29, 1.82) is 0 Å². The Hall–Kier alpha value is -0.810. The minimum Gasteiger partial charge on any atom is -0.385 e. The van der Waals surface area contributed by atoms with E-state index in [0.29, 0.717) is 5.92 Å². The van der Waals surface area contributed by atoms with E-state index in [1.807, 2.05) is 4.90 Å². The third-order valence-corrected chi connectivity index (χ3v) is 3.84. The lowest BCUT2D eigenvalue weighted by Gasteiger charge is -2.50. The van der Waals surface area contributed by atoms with E-state index in [-0.39, 0.29) is 11.6 Å². The number of carbonyl (C=O) groups excluding carboxylic acids is 1. The lowest BCUT2D eigenvalue weighted by atomic mass is 9.79. The molecule has 0 radical (unpaired) electrons. The van der Waals surface area contributed by atoms with E-state index in [1.165, 1.54) is 0 Å². The van der Waals surface area contributed by atoms with E-state index in [4.69, 9.17) is 9.47 Å². The van der Waals surface area contributed by atoms with Crippen LogP contribution in [0.25, 0.3) is 0 Å². The number of urea groups is 1. The van der Waals surface area contributed by atoms with Crippen molar-refractivity contribution in [2.75, 3.05) is 47.5 Å². The van der Waals surface area contributed by atoms with Crippen LogP contribution in [0, 0.1) is 5.92 Å². The van der Waals surface area contributed by atoms with Gasteiger partial charge in [-0.1, -0.05) is 0 Å². The van der Waals surface area contributed by atoms with Crippen molar-refractivity contribution in [3.05, 3.63) is 0 Å². The van der Waals surface area contributed by atoms with Gasteiger partial charge in [0.25, 0.3) is 0 Å². The maximum Gasteiger partial charge on any atom is 0.319 e. The second-order valence-corrected chi connectivity index (χ2v) is 5.21. The molecule has 0 aromatic heterocycles. The van der Waals surface area contributed by atoms with Crippen molar-refractivity contribution in [1.82, 2.24) is 9.80 Å². The molecule has 2 fully saturated rings. The summed E-state index contributed by atoms with van der Waals surface area (Å²) in [4.78, 5) is 15.2. The Labute approximate surface area is 103 Å². The second kappa shape index (κ2) is 4.82. The van der Waals surface area contributed by atoms with Crippen molar-refractivity contribution in [3.63, 3.8) is 0 Å². The van der Waals surface area contributed by atoms with Crippen molar-refractivity contribution in [2.24, 2.45) is 5.92 Å². The minimum absolute atomic E-state index is 0.0792. The van der Waals surface area contributed by atoms with Crippen LogP contribution in [0.4, 0.5) is 4.79 Å². The number of amides is 2. The molecule has 0 aliphatic carbocycles. The van der Waals surface area contributed by atoms with Crippen LogP contribution in [0.1, 0.15) is 12.8 Å². The van der Waals surface area contributed by atoms with Gasteiger partial charge in [-0.05, 0) is 18.8 Å². The van der Waals surface area contributed by atoms with Crippen LogP contribution in [0.5, 0.6) is 0 Å². The van der Waals surface area contributed by atoms with Crippen molar-refractivity contribution in [3.8, 4) is 0 Å². The zero-order valence-corrected chi connectivity index (χ0v) is 10.9. The number of carbonyl (C=O) groups is 1. The molecule has 5 nitrogen and oxygen atoms in total. The Kier molecular flexibility index (Phi) is 3.58. The fraction of sp³-hybridized carbons (Fsp3) is 0.917. The van der Waals surface area contributed by atoms with E-state index < -0.39 is 0 Å². The van der Waals surface area contributed by atoms with Gasteiger partial charge in [0.2, 0.25) is 0 Å². The van der Waals surface area contributed by atoms with Gasteiger partial charge < -0.3 is 19.3 Å². The third kappa shape index (κ3) is 2.26. The molecule has 1 atom stereocenters. The highest BCUT2D eigenvalue weighted by Crippen LogP contribution is 2.41. The van der Waals surface area contributed by atoms with E-state index in [1.54, 1.807) is 26.1 Å². The summed E-state index contributed by atoms with van der Waals surface area (Å²) in [6.07, 6.45) is 2.12. The second-order valence-electron chi connectivity index (χ2n) is 5.21. The van der Waals surface area contributed by atoms with Gasteiger partial charge in [0.1, 0.15) is 5.60 Å². The molecule has 0 bridgehead atoms. The Balaban J connectivity index is 1.88. The first-order valence-corrected chi connectivity index (χ1v) is 6.18. The number of methoxy groups -OCH3 is 1. The summed E-state index contributed by atoms with van der Waals surface area (Å²) < 4.78 is 11.0. The van der Waals surface area contributed by atoms with Gasteiger partial charge in [0.05, 0.1) is 13.1 Å². The first-order valence-electron chi connectivity index (χ1n) is 6.18. The van der Waals surface area contributed by atoms with Crippen LogP contribution in [0.3, 0.4) is 0 Å². The highest BCUT2D eigenvalue weighted by molar-refractivity contribution is 5.75. The monoisotopic (exact) mass is 242 g/mol. The number of nitrogens with zero attached hydrogens (tertiary/aromatic N) is 2. The molecule has 2 aliphatic rings. The molecule has 98 valence electrons. The van der Waals surface area contributed by atoms with E-state index in [0.717, 1.165) is 39.1 Å². The Morgan fingerprint density at radius 1 is 1.53 bits per heavy atom. The lowest BCUT2D eigenvalue weighted by Crippen LogP contribution is -2.67. The Morgan fingerprint density at radius 2 is 2.24 bits per heavy atom. The first-order chi connectivity index (χ1) is 8.09. The summed E-state index contributed by atoms with van der Waals surface area (Å²) >= 11 is 0. The van der Waals surface area contributed by atoms with Gasteiger partial charge >= 0.3 is 6.03 Å². The van der Waals surface area contributed by atoms with Gasteiger partial charge in [-0.3, -0.25) is 0 Å². The molecule has 0 N–H and O–H groups in total. The normalized spacial score (nSPS) is 26.1. The van der Waals surface area contributed by atoms with Gasteiger partial charge in [0, 0.05) is 34.4 Å². The Morgan fingerprint density at radius 3 is 2.82 bits per heavy atom. The van der Waals surface area contributed by atoms with Crippen LogP contribution in [0.2, 0.25) is 0 Å². The SMILES string of the molecule is COCC[C@@H]1CCOC12CN(C(=O)N(C)C)C2. The number of hydrogen-bond donors (Lipinski definition) is 0. The highest BCUT2D eigenvalue weighted by Gasteiger charge is 2.54. The molecule has 2 aliphatic heterocycles. The molecule has 2 amide bonds. The average molecular weight is 242 g/mol. The molecule has 0 aromatic rings. The number of ether oxygens (including phenoxy) is 2. The quantitative estimate of drug-likeness (QED) is 0.735. The van der Waals surface area contributed by atoms with Gasteiger partial charge in [-0.25, -0.2) is 4.79 Å². The molecule has 0 unspecified atom stereocenters. The summed E-state index contributed by atoms with van der Waals surface area (Å²) in [7, 11) is 5.29. The van der Waals surface area contributed by atoms with Gasteiger partial charge in [-0.15, -0.1) is 0 Å². The van der Waals surface area contributed by atoms with Crippen LogP contribution >= 0.6 is 0 Å². The predicted octanol–water partition coefficient (Wildman–Crippen LogP) is 0.795. The summed E-state index contributed by atoms with van der Waals surface area (Å²) in [6, 6.07) is 0.0802. The zero-order chi connectivity index (χ0) is 12.5. The van der Waals surface area contributed by atoms with Crippen LogP contribution in [-0.4, -0.2) is 68.9 Å². The molecule has 5 heteroatoms. The third-order valence-electron chi connectivity index (χ3n) is 3.84. The predicted molar refractivity (Wildman–Crippen MR) is 63.9 cm³/mol. The highest BCUT2D eigenvalue weighted by atomic mass is 16.5. The zero-order valence-electron chi connectivity index (χ0n) is 10.9. The maximum atomic E-state index is 11.8. The smallest absolute Gasteiger partial charge is 0.319 e. The minimum atomic E-state index is -0.0792. The number of rotatable bonds is 3. The molecule has 0 saturated carbocycles. The van der Waals surface area contributed by atoms with E-state index >= 15 is 0 Å². The van der Waals surface area contributed by atoms with Crippen LogP contribution in [0.15, 0.2) is 0 Å². The average Bonchev–Trinajstić information content (AvgIpc) is 2.66. The maximum absolute atomic E-state index is 11.8. The van der Waals surface area contributed by atoms with Crippen molar-refractivity contribution >= 4 is 6.03 Å². The fourth-order valence-electron chi connectivity index (χ4n) is 2.82. The summed E-state index contributed by atoms with van der Waals surface area (Å²) in [5, 5.41) is 0. The largest absolute Gasteiger partial charge is 0.385 e. The molecule has 0 aromatic carbocycles. The topological polar surface area (TPSA) is 42.0 Å². The van der Waals surface area contributed by atoms with Gasteiger partial charge in [0.15, 0.2) is 0 Å². The molecule has 17 heavy (non-hydrogen) atoms.